The highest BCUT2D eigenvalue weighted by molar-refractivity contribution is 5.93. The number of nitrogens with zero attached hydrogens (tertiary/aromatic N) is 3. The van der Waals surface area contributed by atoms with Gasteiger partial charge in [0.25, 0.3) is 0 Å². The van der Waals surface area contributed by atoms with Crippen LogP contribution in [0.15, 0.2) is 63.9 Å². The number of anilines is 2. The van der Waals surface area contributed by atoms with Gasteiger partial charge in [-0.15, -0.1) is 0 Å². The van der Waals surface area contributed by atoms with Crippen molar-refractivity contribution in [3.8, 4) is 5.75 Å². The van der Waals surface area contributed by atoms with Crippen molar-refractivity contribution in [1.82, 2.24) is 9.97 Å². The summed E-state index contributed by atoms with van der Waals surface area (Å²) >= 11 is 0. The summed E-state index contributed by atoms with van der Waals surface area (Å²) in [6.45, 7) is 10.1. The molecule has 1 aromatic carbocycles. The summed E-state index contributed by atoms with van der Waals surface area (Å²) in [6, 6.07) is 14.4. The Kier molecular flexibility index (Phi) is 8.29. The molecule has 12 nitrogen and oxygen atoms in total. The van der Waals surface area contributed by atoms with Crippen molar-refractivity contribution >= 4 is 28.4 Å². The highest BCUT2D eigenvalue weighted by atomic mass is 16.7. The largest absolute Gasteiger partial charge is 0.462 e. The van der Waals surface area contributed by atoms with Crippen LogP contribution in [0.5, 0.6) is 5.75 Å². The third-order valence-electron chi connectivity index (χ3n) is 8.49. The molecule has 2 saturated heterocycles. The maximum absolute atomic E-state index is 12.9. The van der Waals surface area contributed by atoms with Crippen LogP contribution < -0.4 is 20.2 Å². The minimum atomic E-state index is -1.40. The summed E-state index contributed by atoms with van der Waals surface area (Å²) < 4.78 is 29.5. The number of methoxy groups -OCH3 is 1. The van der Waals surface area contributed by atoms with Crippen molar-refractivity contribution in [3.05, 3.63) is 82.1 Å². The Bertz CT molecular complexity index is 1730. The van der Waals surface area contributed by atoms with E-state index in [9.17, 15) is 14.7 Å². The third kappa shape index (κ3) is 6.00. The second kappa shape index (κ2) is 12.2. The summed E-state index contributed by atoms with van der Waals surface area (Å²) in [5.41, 5.74) is 1.30. The third-order valence-corrected chi connectivity index (χ3v) is 8.49. The van der Waals surface area contributed by atoms with Crippen molar-refractivity contribution in [2.75, 3.05) is 43.1 Å². The molecule has 0 spiro atoms. The predicted octanol–water partition coefficient (Wildman–Crippen LogP) is 3.57. The quantitative estimate of drug-likeness (QED) is 0.232. The van der Waals surface area contributed by atoms with Crippen LogP contribution in [0.1, 0.15) is 35.6 Å². The average molecular weight is 619 g/mol. The van der Waals surface area contributed by atoms with E-state index in [1.165, 1.54) is 13.2 Å². The van der Waals surface area contributed by atoms with Crippen molar-refractivity contribution in [2.24, 2.45) is 0 Å². The summed E-state index contributed by atoms with van der Waals surface area (Å²) in [7, 11) is 1.47. The SMILES string of the molecule is CO[C@H]1[C@@H](OC(=O)c2ccc(C)[nH]2)[C@@H](O)[C@H](Oc2ccc3c(N4CCN(c5ccccn5)CC4)cc(=O)oc3c2C)OC1(C)C. The lowest BCUT2D eigenvalue weighted by Crippen LogP contribution is -2.65. The van der Waals surface area contributed by atoms with E-state index in [1.54, 1.807) is 45.2 Å². The molecular weight excluding hydrogens is 580 g/mol. The first-order valence-electron chi connectivity index (χ1n) is 15.0. The molecule has 6 rings (SSSR count). The van der Waals surface area contributed by atoms with Gasteiger partial charge in [-0.25, -0.2) is 14.6 Å². The van der Waals surface area contributed by atoms with Crippen LogP contribution in [-0.4, -0.2) is 84.5 Å². The molecule has 0 unspecified atom stereocenters. The molecule has 2 aliphatic heterocycles. The van der Waals surface area contributed by atoms with E-state index < -0.39 is 41.8 Å². The van der Waals surface area contributed by atoms with Crippen LogP contribution in [-0.2, 0) is 14.2 Å². The zero-order valence-electron chi connectivity index (χ0n) is 26.0. The number of nitrogens with one attached hydrogen (secondary N) is 1. The van der Waals surface area contributed by atoms with Crippen molar-refractivity contribution in [1.29, 1.82) is 0 Å². The smallest absolute Gasteiger partial charge is 0.355 e. The number of aliphatic hydroxyl groups is 1. The van der Waals surface area contributed by atoms with Crippen LogP contribution in [0.4, 0.5) is 11.5 Å². The number of rotatable bonds is 7. The van der Waals surface area contributed by atoms with Crippen molar-refractivity contribution in [2.45, 2.75) is 57.9 Å². The van der Waals surface area contributed by atoms with E-state index in [4.69, 9.17) is 23.4 Å². The highest BCUT2D eigenvalue weighted by Crippen LogP contribution is 2.38. The number of aryl methyl sites for hydroxylation is 2. The molecule has 0 radical (unpaired) electrons. The number of hydrogen-bond acceptors (Lipinski definition) is 11. The molecule has 3 aromatic heterocycles. The zero-order chi connectivity index (χ0) is 31.9. The fourth-order valence-electron chi connectivity index (χ4n) is 6.18. The molecular formula is C33H38N4O8. The first-order valence-corrected chi connectivity index (χ1v) is 15.0. The van der Waals surface area contributed by atoms with Gasteiger partial charge in [-0.2, -0.15) is 0 Å². The number of benzene rings is 1. The Balaban J connectivity index is 1.24. The van der Waals surface area contributed by atoms with Crippen LogP contribution in [0.3, 0.4) is 0 Å². The molecule has 0 bridgehead atoms. The van der Waals surface area contributed by atoms with Crippen LogP contribution in [0.25, 0.3) is 11.0 Å². The molecule has 2 N–H and O–H groups in total. The van der Waals surface area contributed by atoms with Gasteiger partial charge >= 0.3 is 11.6 Å². The Morgan fingerprint density at radius 2 is 1.82 bits per heavy atom. The van der Waals surface area contributed by atoms with Crippen molar-refractivity contribution < 1.29 is 33.3 Å². The first kappa shape index (κ1) is 30.6. The number of piperazine rings is 1. The number of carbonyl (C=O) groups excluding carboxylic acids is 1. The zero-order valence-corrected chi connectivity index (χ0v) is 26.0. The lowest BCUT2D eigenvalue weighted by molar-refractivity contribution is -0.305. The number of H-pyrrole nitrogens is 1. The average Bonchev–Trinajstić information content (AvgIpc) is 3.47. The lowest BCUT2D eigenvalue weighted by Gasteiger charge is -2.47. The standard InChI is InChI=1S/C33H38N4O8/c1-19-9-11-22(35-19)31(40)44-29-27(39)32(45-33(3,4)30(29)41-5)42-24-12-10-21-23(18-26(38)43-28(21)20(24)2)36-14-16-37(17-15-36)25-8-6-7-13-34-25/h6-13,18,27,29-30,32,35,39H,14-17H2,1-5H3/t27-,29+,30+,32-/m1/s1. The summed E-state index contributed by atoms with van der Waals surface area (Å²) in [5, 5.41) is 12.2. The molecule has 4 atom stereocenters. The van der Waals surface area contributed by atoms with E-state index >= 15 is 0 Å². The number of aromatic nitrogens is 2. The van der Waals surface area contributed by atoms with E-state index in [0.29, 0.717) is 30.0 Å². The maximum Gasteiger partial charge on any atom is 0.355 e. The van der Waals surface area contributed by atoms with Gasteiger partial charge in [-0.05, 0) is 64.1 Å². The Labute approximate surface area is 260 Å². The summed E-state index contributed by atoms with van der Waals surface area (Å²) in [4.78, 5) is 37.5. The molecule has 0 amide bonds. The molecule has 238 valence electrons. The lowest BCUT2D eigenvalue weighted by atomic mass is 9.89. The number of pyridine rings is 1. The Hall–Kier alpha value is -4.39. The molecule has 45 heavy (non-hydrogen) atoms. The van der Waals surface area contributed by atoms with Gasteiger partial charge < -0.3 is 43.3 Å². The topological polar surface area (TPSA) is 140 Å². The van der Waals surface area contributed by atoms with E-state index in [2.05, 4.69) is 19.8 Å². The number of esters is 1. The predicted molar refractivity (Wildman–Crippen MR) is 167 cm³/mol. The highest BCUT2D eigenvalue weighted by Gasteiger charge is 2.53. The molecule has 2 fully saturated rings. The normalized spacial score (nSPS) is 23.2. The van der Waals surface area contributed by atoms with Gasteiger partial charge in [0.1, 0.15) is 28.9 Å². The number of carbonyl (C=O) groups is 1. The van der Waals surface area contributed by atoms with Crippen LogP contribution >= 0.6 is 0 Å². The molecule has 2 aliphatic rings. The number of hydrogen-bond donors (Lipinski definition) is 2. The Morgan fingerprint density at radius 1 is 1.07 bits per heavy atom. The van der Waals surface area contributed by atoms with Gasteiger partial charge in [0, 0.05) is 62.2 Å². The van der Waals surface area contributed by atoms with Crippen LogP contribution in [0, 0.1) is 13.8 Å². The number of fused-ring (bicyclic) bond motifs is 1. The minimum absolute atomic E-state index is 0.255. The molecule has 4 aromatic rings. The van der Waals surface area contributed by atoms with E-state index in [-0.39, 0.29) is 5.69 Å². The van der Waals surface area contributed by atoms with Gasteiger partial charge in [0.2, 0.25) is 6.29 Å². The Morgan fingerprint density at radius 3 is 2.49 bits per heavy atom. The fourth-order valence-corrected chi connectivity index (χ4v) is 6.18. The van der Waals surface area contributed by atoms with Gasteiger partial charge in [-0.1, -0.05) is 6.07 Å². The van der Waals surface area contributed by atoms with Crippen LogP contribution in [0.2, 0.25) is 0 Å². The van der Waals surface area contributed by atoms with Gasteiger partial charge in [0.15, 0.2) is 12.2 Å². The molecule has 0 saturated carbocycles. The number of ether oxygens (including phenoxy) is 4. The monoisotopic (exact) mass is 618 g/mol. The minimum Gasteiger partial charge on any atom is -0.462 e. The molecule has 5 heterocycles. The second-order valence-electron chi connectivity index (χ2n) is 12.0. The number of aliphatic hydroxyl groups excluding tert-OH is 1. The van der Waals surface area contributed by atoms with E-state index in [0.717, 1.165) is 35.7 Å². The second-order valence-corrected chi connectivity index (χ2v) is 12.0. The van der Waals surface area contributed by atoms with Crippen molar-refractivity contribution in [3.63, 3.8) is 0 Å². The molecule has 12 heteroatoms. The molecule has 0 aliphatic carbocycles. The summed E-state index contributed by atoms with van der Waals surface area (Å²) in [6.07, 6.45) is -2.73. The maximum atomic E-state index is 12.9. The van der Waals surface area contributed by atoms with Gasteiger partial charge in [-0.3, -0.25) is 0 Å². The number of aromatic amines is 1. The van der Waals surface area contributed by atoms with Gasteiger partial charge in [0.05, 0.1) is 11.3 Å². The van der Waals surface area contributed by atoms with E-state index in [1.807, 2.05) is 31.2 Å². The first-order chi connectivity index (χ1) is 21.6. The fraction of sp³-hybridized carbons (Fsp3) is 0.424. The summed E-state index contributed by atoms with van der Waals surface area (Å²) in [5.74, 6) is 0.641.